The number of amides is 1. The third-order valence-corrected chi connectivity index (χ3v) is 5.43. The number of nitrogens with one attached hydrogen (secondary N) is 1. The maximum Gasteiger partial charge on any atom is 0.264 e. The van der Waals surface area contributed by atoms with E-state index < -0.39 is 0 Å². The van der Waals surface area contributed by atoms with E-state index in [0.717, 1.165) is 21.5 Å². The number of fused-ring (bicyclic) bond motifs is 1. The molecule has 108 valence electrons. The van der Waals surface area contributed by atoms with Crippen molar-refractivity contribution in [1.82, 2.24) is 10.3 Å². The van der Waals surface area contributed by atoms with Gasteiger partial charge in [-0.1, -0.05) is 13.0 Å². The number of hydrogen-bond acceptors (Lipinski definition) is 5. The molecule has 3 heterocycles. The van der Waals surface area contributed by atoms with E-state index in [-0.39, 0.29) is 11.9 Å². The second-order valence-electron chi connectivity index (χ2n) is 4.65. The molecule has 1 amide bonds. The molecule has 0 radical (unpaired) electrons. The van der Waals surface area contributed by atoms with Crippen molar-refractivity contribution in [3.63, 3.8) is 0 Å². The Morgan fingerprint density at radius 1 is 1.43 bits per heavy atom. The highest BCUT2D eigenvalue weighted by Crippen LogP contribution is 2.32. The topological polar surface area (TPSA) is 68.0 Å². The Morgan fingerprint density at radius 2 is 2.29 bits per heavy atom. The molecule has 6 heteroatoms. The molecule has 3 rings (SSSR count). The van der Waals surface area contributed by atoms with Gasteiger partial charge in [-0.25, -0.2) is 4.98 Å². The van der Waals surface area contributed by atoms with Crippen LogP contribution in [0.2, 0.25) is 0 Å². The van der Waals surface area contributed by atoms with Gasteiger partial charge >= 0.3 is 0 Å². The number of pyridine rings is 1. The van der Waals surface area contributed by atoms with E-state index in [2.05, 4.69) is 17.2 Å². The van der Waals surface area contributed by atoms with Crippen LogP contribution in [0.15, 0.2) is 35.8 Å². The van der Waals surface area contributed by atoms with Crippen molar-refractivity contribution in [2.24, 2.45) is 0 Å². The lowest BCUT2D eigenvalue weighted by Gasteiger charge is -2.15. The van der Waals surface area contributed by atoms with Crippen LogP contribution in [0.5, 0.6) is 0 Å². The molecular weight excluding hydrogens is 302 g/mol. The normalized spacial score (nSPS) is 12.4. The van der Waals surface area contributed by atoms with Gasteiger partial charge in [-0.3, -0.25) is 4.79 Å². The minimum atomic E-state index is -0.129. The Morgan fingerprint density at radius 3 is 2.95 bits per heavy atom. The fourth-order valence-electron chi connectivity index (χ4n) is 2.21. The van der Waals surface area contributed by atoms with Gasteiger partial charge in [-0.15, -0.1) is 22.7 Å². The number of aromatic nitrogens is 1. The second-order valence-corrected chi connectivity index (χ2v) is 6.63. The van der Waals surface area contributed by atoms with Gasteiger partial charge in [0.2, 0.25) is 0 Å². The maximum atomic E-state index is 12.5. The van der Waals surface area contributed by atoms with Gasteiger partial charge in [0.1, 0.15) is 9.71 Å². The quantitative estimate of drug-likeness (QED) is 0.768. The van der Waals surface area contributed by atoms with Gasteiger partial charge in [0.25, 0.3) is 5.91 Å². The highest BCUT2D eigenvalue weighted by atomic mass is 32.1. The largest absolute Gasteiger partial charge is 0.397 e. The molecule has 21 heavy (non-hydrogen) atoms. The Bertz CT molecular complexity index is 764. The Hall–Kier alpha value is -1.92. The van der Waals surface area contributed by atoms with Crippen LogP contribution in [0, 0.1) is 0 Å². The average molecular weight is 317 g/mol. The minimum absolute atomic E-state index is 0.0232. The highest BCUT2D eigenvalue weighted by Gasteiger charge is 2.20. The number of nitrogen functional groups attached to an aromatic ring is 1. The fraction of sp³-hybridized carbons (Fsp3) is 0.200. The third kappa shape index (κ3) is 2.64. The number of hydrogen-bond donors (Lipinski definition) is 2. The molecule has 0 aliphatic carbocycles. The average Bonchev–Trinajstić information content (AvgIpc) is 3.13. The molecule has 0 aromatic carbocycles. The van der Waals surface area contributed by atoms with E-state index in [0.29, 0.717) is 10.6 Å². The van der Waals surface area contributed by atoms with Crippen molar-refractivity contribution in [3.8, 4) is 0 Å². The molecule has 3 N–H and O–H groups in total. The number of anilines is 1. The molecule has 0 bridgehead atoms. The van der Waals surface area contributed by atoms with E-state index in [1.54, 1.807) is 17.5 Å². The summed E-state index contributed by atoms with van der Waals surface area (Å²) in [5.41, 5.74) is 6.60. The lowest BCUT2D eigenvalue weighted by molar-refractivity contribution is 0.0941. The predicted molar refractivity (Wildman–Crippen MR) is 88.8 cm³/mol. The van der Waals surface area contributed by atoms with Crippen molar-refractivity contribution >= 4 is 44.5 Å². The van der Waals surface area contributed by atoms with Gasteiger partial charge in [0, 0.05) is 16.5 Å². The van der Waals surface area contributed by atoms with Gasteiger partial charge < -0.3 is 11.1 Å². The van der Waals surface area contributed by atoms with Crippen molar-refractivity contribution in [3.05, 3.63) is 45.6 Å². The molecule has 0 saturated carbocycles. The van der Waals surface area contributed by atoms with Crippen LogP contribution >= 0.6 is 22.7 Å². The smallest absolute Gasteiger partial charge is 0.264 e. The zero-order chi connectivity index (χ0) is 14.8. The molecule has 3 aromatic heterocycles. The first-order valence-electron chi connectivity index (χ1n) is 6.68. The molecule has 0 saturated heterocycles. The monoisotopic (exact) mass is 317 g/mol. The first-order chi connectivity index (χ1) is 10.2. The van der Waals surface area contributed by atoms with Crippen LogP contribution in [-0.4, -0.2) is 10.9 Å². The van der Waals surface area contributed by atoms with Crippen LogP contribution in [0.1, 0.15) is 33.9 Å². The molecule has 0 fully saturated rings. The van der Waals surface area contributed by atoms with Gasteiger partial charge in [-0.2, -0.15) is 0 Å². The van der Waals surface area contributed by atoms with Crippen LogP contribution < -0.4 is 11.1 Å². The van der Waals surface area contributed by atoms with Gasteiger partial charge in [0.15, 0.2) is 0 Å². The summed E-state index contributed by atoms with van der Waals surface area (Å²) >= 11 is 2.98. The first-order valence-corrected chi connectivity index (χ1v) is 8.37. The second kappa shape index (κ2) is 5.83. The van der Waals surface area contributed by atoms with Crippen LogP contribution in [0.3, 0.4) is 0 Å². The standard InChI is InChI=1S/C15H15N3OS2/c1-2-10(11-6-4-8-20-11)18-14(19)13-12(16)9-5-3-7-17-15(9)21-13/h3-8,10H,2,16H2,1H3,(H,18,19). The number of carbonyl (C=O) groups is 1. The van der Waals surface area contributed by atoms with Crippen LogP contribution in [-0.2, 0) is 0 Å². The SMILES string of the molecule is CCC(NC(=O)c1sc2ncccc2c1N)c1cccs1. The number of rotatable bonds is 4. The molecule has 1 unspecified atom stereocenters. The van der Waals surface area contributed by atoms with Gasteiger partial charge in [-0.05, 0) is 30.0 Å². The number of carbonyl (C=O) groups excluding carboxylic acids is 1. The Labute approximate surface area is 130 Å². The Balaban J connectivity index is 1.88. The molecule has 3 aromatic rings. The summed E-state index contributed by atoms with van der Waals surface area (Å²) in [6, 6.07) is 7.77. The molecular formula is C15H15N3OS2. The Kier molecular flexibility index (Phi) is 3.90. The minimum Gasteiger partial charge on any atom is -0.397 e. The number of thiophene rings is 2. The van der Waals surface area contributed by atoms with Crippen molar-refractivity contribution in [1.29, 1.82) is 0 Å². The van der Waals surface area contributed by atoms with Crippen LogP contribution in [0.4, 0.5) is 5.69 Å². The molecule has 4 nitrogen and oxygen atoms in total. The summed E-state index contributed by atoms with van der Waals surface area (Å²) in [5.74, 6) is -0.129. The van der Waals surface area contributed by atoms with E-state index >= 15 is 0 Å². The van der Waals surface area contributed by atoms with Gasteiger partial charge in [0.05, 0.1) is 11.7 Å². The zero-order valence-electron chi connectivity index (χ0n) is 11.5. The summed E-state index contributed by atoms with van der Waals surface area (Å²) in [4.78, 5) is 19.2. The van der Waals surface area contributed by atoms with Crippen molar-refractivity contribution in [2.75, 3.05) is 5.73 Å². The molecule has 1 atom stereocenters. The van der Waals surface area contributed by atoms with Crippen molar-refractivity contribution < 1.29 is 4.79 Å². The zero-order valence-corrected chi connectivity index (χ0v) is 13.1. The third-order valence-electron chi connectivity index (χ3n) is 3.31. The molecule has 0 aliphatic heterocycles. The lowest BCUT2D eigenvalue weighted by Crippen LogP contribution is -2.27. The van der Waals surface area contributed by atoms with E-state index in [1.807, 2.05) is 29.6 Å². The molecule has 0 aliphatic rings. The number of nitrogens with zero attached hydrogens (tertiary/aromatic N) is 1. The van der Waals surface area contributed by atoms with Crippen molar-refractivity contribution in [2.45, 2.75) is 19.4 Å². The maximum absolute atomic E-state index is 12.5. The van der Waals surface area contributed by atoms with Crippen LogP contribution in [0.25, 0.3) is 10.2 Å². The number of nitrogens with two attached hydrogens (primary N) is 1. The lowest BCUT2D eigenvalue weighted by atomic mass is 10.2. The van der Waals surface area contributed by atoms with E-state index in [9.17, 15) is 4.79 Å². The summed E-state index contributed by atoms with van der Waals surface area (Å²) in [7, 11) is 0. The summed E-state index contributed by atoms with van der Waals surface area (Å²) in [6.45, 7) is 2.06. The summed E-state index contributed by atoms with van der Waals surface area (Å²) in [5, 5.41) is 5.92. The summed E-state index contributed by atoms with van der Waals surface area (Å²) < 4.78 is 0. The fourth-order valence-corrected chi connectivity index (χ4v) is 4.04. The van der Waals surface area contributed by atoms with E-state index in [4.69, 9.17) is 5.73 Å². The summed E-state index contributed by atoms with van der Waals surface area (Å²) in [6.07, 6.45) is 2.55. The predicted octanol–water partition coefficient (Wildman–Crippen LogP) is 3.82. The molecule has 0 spiro atoms. The van der Waals surface area contributed by atoms with E-state index in [1.165, 1.54) is 11.3 Å². The highest BCUT2D eigenvalue weighted by molar-refractivity contribution is 7.21. The first kappa shape index (κ1) is 14.0.